The predicted octanol–water partition coefficient (Wildman–Crippen LogP) is 5.68. The van der Waals surface area contributed by atoms with E-state index in [4.69, 9.17) is 27.9 Å². The van der Waals surface area contributed by atoms with Crippen LogP contribution in [0.25, 0.3) is 5.82 Å². The van der Waals surface area contributed by atoms with Crippen molar-refractivity contribution in [2.24, 2.45) is 0 Å². The molecule has 0 aliphatic rings. The third-order valence-corrected chi connectivity index (χ3v) is 5.22. The molecule has 0 atom stereocenters. The van der Waals surface area contributed by atoms with Crippen LogP contribution in [-0.2, 0) is 0 Å². The molecule has 1 amide bonds. The number of ether oxygens (including phenoxy) is 1. The number of anilines is 1. The van der Waals surface area contributed by atoms with Crippen molar-refractivity contribution in [3.63, 3.8) is 0 Å². The number of carbonyl (C=O) groups excluding carboxylic acids is 1. The number of hydrogen-bond donors (Lipinski definition) is 1. The van der Waals surface area contributed by atoms with Gasteiger partial charge in [0, 0.05) is 24.1 Å². The van der Waals surface area contributed by atoms with Gasteiger partial charge in [0.25, 0.3) is 5.91 Å². The average molecular weight is 431 g/mol. The molecular weight excluding hydrogens is 419 g/mol. The topological polar surface area (TPSA) is 69.0 Å². The molecule has 3 aromatic heterocycles. The van der Waals surface area contributed by atoms with Gasteiger partial charge in [0.1, 0.15) is 10.1 Å². The minimum atomic E-state index is -0.326. The molecule has 0 aliphatic carbocycles. The fourth-order valence-electron chi connectivity index (χ4n) is 2.41. The third-order valence-electron chi connectivity index (χ3n) is 3.73. The highest BCUT2D eigenvalue weighted by molar-refractivity contribution is 7.20. The molecule has 4 aromatic rings. The Morgan fingerprint density at radius 3 is 2.39 bits per heavy atom. The monoisotopic (exact) mass is 430 g/mol. The smallest absolute Gasteiger partial charge is 0.258 e. The number of hydrogen-bond acceptors (Lipinski definition) is 5. The lowest BCUT2D eigenvalue weighted by Gasteiger charge is -2.07. The van der Waals surface area contributed by atoms with Crippen LogP contribution in [0.2, 0.25) is 8.67 Å². The van der Waals surface area contributed by atoms with Gasteiger partial charge in [-0.3, -0.25) is 4.79 Å². The zero-order chi connectivity index (χ0) is 19.5. The SMILES string of the molecule is O=C(Nc1ccc(Oc2ccc(-n3cccc3)nn2)cc1)c1cc(Cl)sc1Cl. The Kier molecular flexibility index (Phi) is 5.29. The van der Waals surface area contributed by atoms with Gasteiger partial charge in [0.15, 0.2) is 5.82 Å². The maximum Gasteiger partial charge on any atom is 0.258 e. The summed E-state index contributed by atoms with van der Waals surface area (Å²) in [6, 6.07) is 15.8. The van der Waals surface area contributed by atoms with Crippen LogP contribution in [-0.4, -0.2) is 20.7 Å². The van der Waals surface area contributed by atoms with Crippen molar-refractivity contribution in [3.05, 3.63) is 81.2 Å². The second-order valence-electron chi connectivity index (χ2n) is 5.64. The van der Waals surface area contributed by atoms with Crippen LogP contribution >= 0.6 is 34.5 Å². The summed E-state index contributed by atoms with van der Waals surface area (Å²) in [5.41, 5.74) is 0.944. The summed E-state index contributed by atoms with van der Waals surface area (Å²) in [6.45, 7) is 0. The van der Waals surface area contributed by atoms with E-state index >= 15 is 0 Å². The number of nitrogens with zero attached hydrogens (tertiary/aromatic N) is 3. The number of halogens is 2. The zero-order valence-electron chi connectivity index (χ0n) is 14.2. The summed E-state index contributed by atoms with van der Waals surface area (Å²) in [4.78, 5) is 12.3. The van der Waals surface area contributed by atoms with Crippen LogP contribution in [0.15, 0.2) is 67.0 Å². The number of nitrogens with one attached hydrogen (secondary N) is 1. The summed E-state index contributed by atoms with van der Waals surface area (Å²) in [6.07, 6.45) is 3.77. The van der Waals surface area contributed by atoms with E-state index in [2.05, 4.69) is 15.5 Å². The van der Waals surface area contributed by atoms with E-state index in [0.717, 1.165) is 11.3 Å². The van der Waals surface area contributed by atoms with Crippen molar-refractivity contribution >= 4 is 46.1 Å². The highest BCUT2D eigenvalue weighted by atomic mass is 35.5. The summed E-state index contributed by atoms with van der Waals surface area (Å²) < 4.78 is 8.35. The molecule has 0 saturated carbocycles. The van der Waals surface area contributed by atoms with E-state index in [1.807, 2.05) is 35.2 Å². The average Bonchev–Trinajstić information content (AvgIpc) is 3.33. The van der Waals surface area contributed by atoms with E-state index in [1.165, 1.54) is 6.07 Å². The first-order valence-corrected chi connectivity index (χ1v) is 9.67. The predicted molar refractivity (Wildman–Crippen MR) is 110 cm³/mol. The van der Waals surface area contributed by atoms with E-state index in [9.17, 15) is 4.79 Å². The second-order valence-corrected chi connectivity index (χ2v) is 7.92. The molecule has 0 bridgehead atoms. The number of amides is 1. The van der Waals surface area contributed by atoms with Crippen molar-refractivity contribution in [2.75, 3.05) is 5.32 Å². The van der Waals surface area contributed by atoms with Crippen molar-refractivity contribution < 1.29 is 9.53 Å². The lowest BCUT2D eigenvalue weighted by Crippen LogP contribution is -2.11. The summed E-state index contributed by atoms with van der Waals surface area (Å²) in [5.74, 6) is 1.31. The van der Waals surface area contributed by atoms with E-state index in [1.54, 1.807) is 30.3 Å². The second kappa shape index (κ2) is 8.02. The fraction of sp³-hybridized carbons (Fsp3) is 0. The van der Waals surface area contributed by atoms with Gasteiger partial charge in [-0.1, -0.05) is 23.2 Å². The van der Waals surface area contributed by atoms with Crippen LogP contribution in [0.4, 0.5) is 5.69 Å². The minimum absolute atomic E-state index is 0.326. The van der Waals surface area contributed by atoms with Gasteiger partial charge in [-0.25, -0.2) is 0 Å². The molecule has 3 heterocycles. The largest absolute Gasteiger partial charge is 0.438 e. The van der Waals surface area contributed by atoms with Gasteiger partial charge >= 0.3 is 0 Å². The van der Waals surface area contributed by atoms with Gasteiger partial charge in [-0.2, -0.15) is 0 Å². The lowest BCUT2D eigenvalue weighted by atomic mass is 10.2. The first-order valence-electron chi connectivity index (χ1n) is 8.10. The first-order chi connectivity index (χ1) is 13.6. The van der Waals surface area contributed by atoms with E-state index in [0.29, 0.717) is 37.4 Å². The van der Waals surface area contributed by atoms with Crippen molar-refractivity contribution in [1.29, 1.82) is 0 Å². The molecule has 0 radical (unpaired) electrons. The Bertz CT molecular complexity index is 1090. The summed E-state index contributed by atoms with van der Waals surface area (Å²) in [7, 11) is 0. The number of benzene rings is 1. The Morgan fingerprint density at radius 2 is 1.79 bits per heavy atom. The number of carbonyl (C=O) groups is 1. The van der Waals surface area contributed by atoms with Crippen LogP contribution in [0.5, 0.6) is 11.6 Å². The number of rotatable bonds is 5. The van der Waals surface area contributed by atoms with Gasteiger partial charge in [0.05, 0.1) is 9.90 Å². The molecule has 28 heavy (non-hydrogen) atoms. The maximum atomic E-state index is 12.3. The molecule has 140 valence electrons. The van der Waals surface area contributed by atoms with Gasteiger partial charge in [-0.05, 0) is 48.5 Å². The van der Waals surface area contributed by atoms with Gasteiger partial charge in [0.2, 0.25) is 5.88 Å². The van der Waals surface area contributed by atoms with Crippen molar-refractivity contribution in [3.8, 4) is 17.4 Å². The van der Waals surface area contributed by atoms with Gasteiger partial charge in [-0.15, -0.1) is 21.5 Å². The molecule has 1 N–H and O–H groups in total. The van der Waals surface area contributed by atoms with E-state index in [-0.39, 0.29) is 5.91 Å². The molecular formula is C19H12Cl2N4O2S. The molecule has 0 aliphatic heterocycles. The molecule has 9 heteroatoms. The molecule has 0 fully saturated rings. The molecule has 1 aromatic carbocycles. The van der Waals surface area contributed by atoms with Crippen molar-refractivity contribution in [1.82, 2.24) is 14.8 Å². The highest BCUT2D eigenvalue weighted by Gasteiger charge is 2.14. The maximum absolute atomic E-state index is 12.3. The van der Waals surface area contributed by atoms with Crippen LogP contribution in [0, 0.1) is 0 Å². The Balaban J connectivity index is 1.40. The van der Waals surface area contributed by atoms with Crippen LogP contribution in [0.1, 0.15) is 10.4 Å². The summed E-state index contributed by atoms with van der Waals surface area (Å²) >= 11 is 13.0. The lowest BCUT2D eigenvalue weighted by molar-refractivity contribution is 0.102. The standard InChI is InChI=1S/C19H12Cl2N4O2S/c20-15-11-14(18(21)28-15)19(26)22-12-3-5-13(6-4-12)27-17-8-7-16(23-24-17)25-9-1-2-10-25/h1-11H,(H,22,26). The molecule has 0 spiro atoms. The Morgan fingerprint density at radius 1 is 1.04 bits per heavy atom. The molecule has 0 saturated heterocycles. The Hall–Kier alpha value is -2.87. The normalized spacial score (nSPS) is 10.6. The van der Waals surface area contributed by atoms with Crippen molar-refractivity contribution in [2.45, 2.75) is 0 Å². The molecule has 0 unspecified atom stereocenters. The minimum Gasteiger partial charge on any atom is -0.438 e. The van der Waals surface area contributed by atoms with Gasteiger partial charge < -0.3 is 14.6 Å². The highest BCUT2D eigenvalue weighted by Crippen LogP contribution is 2.31. The van der Waals surface area contributed by atoms with Crippen LogP contribution < -0.4 is 10.1 Å². The fourth-order valence-corrected chi connectivity index (χ4v) is 3.87. The Labute approximate surface area is 174 Å². The third kappa shape index (κ3) is 4.17. The summed E-state index contributed by atoms with van der Waals surface area (Å²) in [5, 5.41) is 11.0. The first kappa shape index (κ1) is 18.5. The zero-order valence-corrected chi connectivity index (χ0v) is 16.5. The molecule has 6 nitrogen and oxygen atoms in total. The number of thiophene rings is 1. The molecule has 4 rings (SSSR count). The quantitative estimate of drug-likeness (QED) is 0.442. The van der Waals surface area contributed by atoms with Crippen LogP contribution in [0.3, 0.4) is 0 Å². The van der Waals surface area contributed by atoms with E-state index < -0.39 is 0 Å². The number of aromatic nitrogens is 3.